The number of carbonyl (C=O) groups is 1. The van der Waals surface area contributed by atoms with E-state index in [4.69, 9.17) is 4.42 Å². The van der Waals surface area contributed by atoms with Crippen LogP contribution in [0.25, 0.3) is 22.6 Å². The Hall–Kier alpha value is -3.26. The lowest BCUT2D eigenvalue weighted by molar-refractivity contribution is 0.0995. The second-order valence-corrected chi connectivity index (χ2v) is 6.83. The fraction of sp³-hybridized carbons (Fsp3) is 0.158. The highest BCUT2D eigenvalue weighted by Crippen LogP contribution is 2.28. The molecule has 0 atom stereocenters. The van der Waals surface area contributed by atoms with Crippen LogP contribution in [0.15, 0.2) is 47.6 Å². The van der Waals surface area contributed by atoms with Crippen molar-refractivity contribution in [2.45, 2.75) is 20.3 Å². The van der Waals surface area contributed by atoms with E-state index in [-0.39, 0.29) is 12.2 Å². The number of ketones is 1. The number of nitrogens with zero attached hydrogens (tertiary/aromatic N) is 5. The van der Waals surface area contributed by atoms with Crippen molar-refractivity contribution in [1.29, 1.82) is 0 Å². The summed E-state index contributed by atoms with van der Waals surface area (Å²) in [7, 11) is 0. The number of benzene rings is 1. The highest BCUT2D eigenvalue weighted by molar-refractivity contribution is 7.08. The SMILES string of the molecule is Cc1ccc(-c2cnco2)cc1-c1cnc(CC(=O)c2snnc2C)cn1. The van der Waals surface area contributed by atoms with E-state index in [9.17, 15) is 4.79 Å². The molecule has 1 aromatic carbocycles. The first-order valence-corrected chi connectivity index (χ1v) is 9.02. The van der Waals surface area contributed by atoms with Crippen LogP contribution in [-0.2, 0) is 6.42 Å². The summed E-state index contributed by atoms with van der Waals surface area (Å²) in [5.41, 5.74) is 4.94. The largest absolute Gasteiger partial charge is 0.444 e. The zero-order chi connectivity index (χ0) is 18.8. The Bertz CT molecular complexity index is 1090. The van der Waals surface area contributed by atoms with E-state index in [1.54, 1.807) is 25.5 Å². The molecule has 3 aromatic heterocycles. The summed E-state index contributed by atoms with van der Waals surface area (Å²) in [6.07, 6.45) is 6.57. The molecule has 0 amide bonds. The Morgan fingerprint density at radius 2 is 2.04 bits per heavy atom. The number of rotatable bonds is 5. The maximum atomic E-state index is 12.3. The minimum atomic E-state index is -0.0481. The number of carbonyl (C=O) groups excluding carboxylic acids is 1. The number of aryl methyl sites for hydroxylation is 2. The molecule has 0 N–H and O–H groups in total. The van der Waals surface area contributed by atoms with Crippen molar-refractivity contribution in [1.82, 2.24) is 24.5 Å². The molecule has 3 heterocycles. The molecule has 0 spiro atoms. The van der Waals surface area contributed by atoms with Crippen molar-refractivity contribution in [3.05, 3.63) is 65.0 Å². The van der Waals surface area contributed by atoms with Crippen LogP contribution in [0.2, 0.25) is 0 Å². The summed E-state index contributed by atoms with van der Waals surface area (Å²) in [5.74, 6) is 0.646. The monoisotopic (exact) mass is 377 g/mol. The minimum absolute atomic E-state index is 0.0481. The van der Waals surface area contributed by atoms with Gasteiger partial charge in [0.1, 0.15) is 4.88 Å². The van der Waals surface area contributed by atoms with Crippen LogP contribution in [0.3, 0.4) is 0 Å². The van der Waals surface area contributed by atoms with Crippen LogP contribution in [0.5, 0.6) is 0 Å². The molecule has 0 radical (unpaired) electrons. The maximum absolute atomic E-state index is 12.3. The molecule has 4 rings (SSSR count). The zero-order valence-electron chi connectivity index (χ0n) is 14.7. The highest BCUT2D eigenvalue weighted by atomic mass is 32.1. The van der Waals surface area contributed by atoms with Gasteiger partial charge < -0.3 is 4.42 Å². The maximum Gasteiger partial charge on any atom is 0.182 e. The average molecular weight is 377 g/mol. The molecule has 8 heteroatoms. The standard InChI is InChI=1S/C19H15N5O2S/c1-11-3-4-13(18-9-20-10-26-18)5-15(11)16-8-21-14(7-22-16)6-17(25)19-12(2)23-24-27-19/h3-5,7-10H,6H2,1-2H3. The van der Waals surface area contributed by atoms with Crippen LogP contribution in [0, 0.1) is 13.8 Å². The third kappa shape index (κ3) is 3.52. The van der Waals surface area contributed by atoms with Gasteiger partial charge >= 0.3 is 0 Å². The molecule has 0 bridgehead atoms. The minimum Gasteiger partial charge on any atom is -0.444 e. The van der Waals surface area contributed by atoms with Crippen molar-refractivity contribution in [3.63, 3.8) is 0 Å². The van der Waals surface area contributed by atoms with Gasteiger partial charge in [-0.3, -0.25) is 14.8 Å². The lowest BCUT2D eigenvalue weighted by Crippen LogP contribution is -2.05. The van der Waals surface area contributed by atoms with Crippen molar-refractivity contribution in [3.8, 4) is 22.6 Å². The molecule has 0 aliphatic carbocycles. The van der Waals surface area contributed by atoms with E-state index in [1.165, 1.54) is 6.39 Å². The number of hydrogen-bond acceptors (Lipinski definition) is 8. The van der Waals surface area contributed by atoms with E-state index in [0.717, 1.165) is 33.9 Å². The normalized spacial score (nSPS) is 10.9. The van der Waals surface area contributed by atoms with Crippen LogP contribution in [-0.4, -0.2) is 30.3 Å². The van der Waals surface area contributed by atoms with Crippen molar-refractivity contribution < 1.29 is 9.21 Å². The molecule has 0 aliphatic rings. The van der Waals surface area contributed by atoms with E-state index in [0.29, 0.717) is 22.0 Å². The average Bonchev–Trinajstić information content (AvgIpc) is 3.35. The summed E-state index contributed by atoms with van der Waals surface area (Å²) in [4.78, 5) is 25.8. The molecule has 0 fully saturated rings. The van der Waals surface area contributed by atoms with E-state index < -0.39 is 0 Å². The highest BCUT2D eigenvalue weighted by Gasteiger charge is 2.15. The molecule has 0 saturated carbocycles. The molecule has 0 saturated heterocycles. The van der Waals surface area contributed by atoms with E-state index in [2.05, 4.69) is 24.5 Å². The fourth-order valence-corrected chi connectivity index (χ4v) is 3.32. The third-order valence-corrected chi connectivity index (χ3v) is 5.05. The number of Topliss-reactive ketones (excluding diaryl/α,β-unsaturated/α-hetero) is 1. The fourth-order valence-electron chi connectivity index (χ4n) is 2.73. The molecule has 0 unspecified atom stereocenters. The second kappa shape index (κ2) is 7.16. The van der Waals surface area contributed by atoms with Crippen LogP contribution >= 0.6 is 11.5 Å². The van der Waals surface area contributed by atoms with Gasteiger partial charge in [-0.05, 0) is 37.0 Å². The topological polar surface area (TPSA) is 94.7 Å². The molecule has 7 nitrogen and oxygen atoms in total. The van der Waals surface area contributed by atoms with Crippen molar-refractivity contribution in [2.75, 3.05) is 0 Å². The summed E-state index contributed by atoms with van der Waals surface area (Å²) >= 11 is 1.11. The Morgan fingerprint density at radius 3 is 2.70 bits per heavy atom. The van der Waals surface area contributed by atoms with Gasteiger partial charge in [0.15, 0.2) is 17.9 Å². The number of oxazole rings is 1. The Balaban J connectivity index is 1.58. The molecule has 134 valence electrons. The lowest BCUT2D eigenvalue weighted by Gasteiger charge is -2.08. The molecule has 27 heavy (non-hydrogen) atoms. The van der Waals surface area contributed by atoms with Crippen LogP contribution in [0.1, 0.15) is 26.6 Å². The second-order valence-electron chi connectivity index (χ2n) is 6.08. The predicted octanol–water partition coefficient (Wildman–Crippen LogP) is 3.69. The summed E-state index contributed by atoms with van der Waals surface area (Å²) in [6.45, 7) is 3.79. The Kier molecular flexibility index (Phi) is 4.55. The van der Waals surface area contributed by atoms with Gasteiger partial charge in [-0.2, -0.15) is 0 Å². The molecular weight excluding hydrogens is 362 g/mol. The van der Waals surface area contributed by atoms with Crippen LogP contribution in [0.4, 0.5) is 0 Å². The van der Waals surface area contributed by atoms with E-state index >= 15 is 0 Å². The van der Waals surface area contributed by atoms with Gasteiger partial charge in [-0.1, -0.05) is 16.6 Å². The predicted molar refractivity (Wildman–Crippen MR) is 100 cm³/mol. The smallest absolute Gasteiger partial charge is 0.182 e. The van der Waals surface area contributed by atoms with Gasteiger partial charge in [0, 0.05) is 17.3 Å². The van der Waals surface area contributed by atoms with Crippen molar-refractivity contribution in [2.24, 2.45) is 0 Å². The quantitative estimate of drug-likeness (QED) is 0.489. The third-order valence-electron chi connectivity index (χ3n) is 4.18. The van der Waals surface area contributed by atoms with Gasteiger partial charge in [-0.15, -0.1) is 5.10 Å². The summed E-state index contributed by atoms with van der Waals surface area (Å²) in [6, 6.07) is 5.98. The summed E-state index contributed by atoms with van der Waals surface area (Å²) < 4.78 is 9.16. The van der Waals surface area contributed by atoms with Gasteiger partial charge in [0.2, 0.25) is 0 Å². The molecule has 0 aliphatic heterocycles. The van der Waals surface area contributed by atoms with Gasteiger partial charge in [-0.25, -0.2) is 4.98 Å². The number of hydrogen-bond donors (Lipinski definition) is 0. The summed E-state index contributed by atoms with van der Waals surface area (Å²) in [5, 5.41) is 3.87. The molecule has 4 aromatic rings. The van der Waals surface area contributed by atoms with E-state index in [1.807, 2.05) is 25.1 Å². The first-order chi connectivity index (χ1) is 13.1. The lowest BCUT2D eigenvalue weighted by atomic mass is 10.0. The first kappa shape index (κ1) is 17.2. The van der Waals surface area contributed by atoms with Gasteiger partial charge in [0.25, 0.3) is 0 Å². The van der Waals surface area contributed by atoms with Gasteiger partial charge in [0.05, 0.1) is 35.9 Å². The zero-order valence-corrected chi connectivity index (χ0v) is 15.5. The Morgan fingerprint density at radius 1 is 1.15 bits per heavy atom. The first-order valence-electron chi connectivity index (χ1n) is 8.25. The Labute approximate surface area is 159 Å². The van der Waals surface area contributed by atoms with Crippen LogP contribution < -0.4 is 0 Å². The molecular formula is C19H15N5O2S. The van der Waals surface area contributed by atoms with Crippen molar-refractivity contribution >= 4 is 17.3 Å². The number of aromatic nitrogens is 5.